The zero-order valence-electron chi connectivity index (χ0n) is 16.0. The summed E-state index contributed by atoms with van der Waals surface area (Å²) in [4.78, 5) is 29.9. The molecule has 0 spiro atoms. The molecule has 2 aromatic heterocycles. The van der Waals surface area contributed by atoms with Gasteiger partial charge in [-0.05, 0) is 52.0 Å². The van der Waals surface area contributed by atoms with E-state index in [0.29, 0.717) is 17.3 Å². The fourth-order valence-electron chi connectivity index (χ4n) is 3.91. The van der Waals surface area contributed by atoms with E-state index in [9.17, 15) is 9.59 Å². The zero-order valence-corrected chi connectivity index (χ0v) is 16.9. The van der Waals surface area contributed by atoms with E-state index in [2.05, 4.69) is 24.6 Å². The topological polar surface area (TPSA) is 83.9 Å². The number of nitrogens with one attached hydrogen (secondary N) is 1. The van der Waals surface area contributed by atoms with Crippen LogP contribution in [-0.2, 0) is 0 Å². The smallest absolute Gasteiger partial charge is 0.228 e. The van der Waals surface area contributed by atoms with Crippen LogP contribution in [-0.4, -0.2) is 50.2 Å². The molecule has 27 heavy (non-hydrogen) atoms. The molecule has 2 aromatic rings. The van der Waals surface area contributed by atoms with Crippen molar-refractivity contribution >= 4 is 29.3 Å². The van der Waals surface area contributed by atoms with Crippen LogP contribution in [0.4, 0.5) is 5.95 Å². The first-order chi connectivity index (χ1) is 13.0. The molecule has 0 radical (unpaired) electrons. The largest absolute Gasteiger partial charge is 0.355 e. The molecule has 0 amide bonds. The Morgan fingerprint density at radius 3 is 2.48 bits per heavy atom. The highest BCUT2D eigenvalue weighted by molar-refractivity contribution is 7.99. The van der Waals surface area contributed by atoms with Gasteiger partial charge in [0.05, 0.1) is 11.4 Å². The second-order valence-corrected chi connectivity index (χ2v) is 8.41. The highest BCUT2D eigenvalue weighted by atomic mass is 32.2. The predicted octanol–water partition coefficient (Wildman–Crippen LogP) is 3.34. The van der Waals surface area contributed by atoms with Gasteiger partial charge in [0.25, 0.3) is 0 Å². The lowest BCUT2D eigenvalue weighted by atomic mass is 10.1. The van der Waals surface area contributed by atoms with Crippen molar-refractivity contribution in [1.29, 1.82) is 0 Å². The molecule has 0 unspecified atom stereocenters. The third-order valence-corrected chi connectivity index (χ3v) is 6.29. The fraction of sp³-hybridized carbons (Fsp3) is 0.579. The minimum absolute atomic E-state index is 0.0128. The average molecular weight is 388 g/mol. The van der Waals surface area contributed by atoms with E-state index in [1.807, 2.05) is 13.8 Å². The van der Waals surface area contributed by atoms with Crippen molar-refractivity contribution in [2.45, 2.75) is 57.7 Å². The van der Waals surface area contributed by atoms with Crippen molar-refractivity contribution in [1.82, 2.24) is 19.7 Å². The first-order valence-corrected chi connectivity index (χ1v) is 10.5. The molecule has 4 rings (SSSR count). The maximum atomic E-state index is 12.8. The van der Waals surface area contributed by atoms with E-state index in [1.54, 1.807) is 0 Å². The van der Waals surface area contributed by atoms with Gasteiger partial charge in [-0.3, -0.25) is 14.2 Å². The molecule has 2 fully saturated rings. The van der Waals surface area contributed by atoms with Crippen molar-refractivity contribution in [3.63, 3.8) is 0 Å². The third-order valence-electron chi connectivity index (χ3n) is 5.35. The van der Waals surface area contributed by atoms with Gasteiger partial charge < -0.3 is 9.88 Å². The number of rotatable bonds is 7. The number of Topliss-reactive ketones (excluding diaryl/α,β-unsaturated/α-hetero) is 2. The van der Waals surface area contributed by atoms with Crippen molar-refractivity contribution in [3.8, 4) is 0 Å². The average Bonchev–Trinajstić information content (AvgIpc) is 3.05. The lowest BCUT2D eigenvalue weighted by molar-refractivity contribution is 0.101. The van der Waals surface area contributed by atoms with Crippen molar-refractivity contribution in [2.24, 2.45) is 0 Å². The number of H-pyrrole nitrogens is 1. The number of thioether (sulfide) groups is 1. The summed E-state index contributed by atoms with van der Waals surface area (Å²) in [5.74, 6) is 1.21. The number of aryl methyl sites for hydroxylation is 1. The van der Waals surface area contributed by atoms with E-state index < -0.39 is 0 Å². The number of carbonyl (C=O) groups is 2. The van der Waals surface area contributed by atoms with Crippen LogP contribution < -0.4 is 4.90 Å². The van der Waals surface area contributed by atoms with Gasteiger partial charge in [-0.15, -0.1) is 10.2 Å². The molecule has 1 saturated carbocycles. The third kappa shape index (κ3) is 3.42. The van der Waals surface area contributed by atoms with Crippen LogP contribution in [0.3, 0.4) is 0 Å². The van der Waals surface area contributed by atoms with E-state index in [0.717, 1.165) is 48.3 Å². The Bertz CT molecular complexity index is 890. The van der Waals surface area contributed by atoms with Gasteiger partial charge >= 0.3 is 0 Å². The van der Waals surface area contributed by atoms with Crippen molar-refractivity contribution < 1.29 is 9.59 Å². The molecule has 8 heteroatoms. The number of anilines is 1. The predicted molar refractivity (Wildman–Crippen MR) is 105 cm³/mol. The number of hydrogen-bond donors (Lipinski definition) is 1. The Labute approximate surface area is 162 Å². The Morgan fingerprint density at radius 1 is 1.19 bits per heavy atom. The summed E-state index contributed by atoms with van der Waals surface area (Å²) in [5, 5.41) is 9.62. The normalized spacial score (nSPS) is 16.9. The van der Waals surface area contributed by atoms with Crippen LogP contribution in [0.15, 0.2) is 5.16 Å². The molecule has 0 aromatic carbocycles. The van der Waals surface area contributed by atoms with Crippen LogP contribution in [0.25, 0.3) is 0 Å². The van der Waals surface area contributed by atoms with Crippen LogP contribution in [0.1, 0.15) is 70.8 Å². The van der Waals surface area contributed by atoms with Gasteiger partial charge in [0, 0.05) is 30.4 Å². The molecule has 144 valence electrons. The van der Waals surface area contributed by atoms with Gasteiger partial charge in [0.1, 0.15) is 0 Å². The summed E-state index contributed by atoms with van der Waals surface area (Å²) < 4.78 is 2.22. The summed E-state index contributed by atoms with van der Waals surface area (Å²) in [7, 11) is 0. The van der Waals surface area contributed by atoms with Crippen molar-refractivity contribution in [2.75, 3.05) is 23.7 Å². The fourth-order valence-corrected chi connectivity index (χ4v) is 4.78. The molecular formula is C19H25N5O2S. The first kappa shape index (κ1) is 18.3. The number of carbonyl (C=O) groups excluding carboxylic acids is 2. The Hall–Kier alpha value is -2.09. The quantitative estimate of drug-likeness (QED) is 0.579. The highest BCUT2D eigenvalue weighted by Crippen LogP contribution is 2.41. The second-order valence-electron chi connectivity index (χ2n) is 7.47. The van der Waals surface area contributed by atoms with Crippen LogP contribution in [0, 0.1) is 13.8 Å². The molecule has 1 N–H and O–H groups in total. The van der Waals surface area contributed by atoms with Crippen LogP contribution >= 0.6 is 11.8 Å². The number of nitrogens with zero attached hydrogens (tertiary/aromatic N) is 4. The van der Waals surface area contributed by atoms with Gasteiger partial charge in [0.15, 0.2) is 16.7 Å². The maximum Gasteiger partial charge on any atom is 0.228 e. The van der Waals surface area contributed by atoms with Gasteiger partial charge in [-0.25, -0.2) is 0 Å². The molecule has 7 nitrogen and oxygen atoms in total. The molecule has 1 aliphatic carbocycles. The van der Waals surface area contributed by atoms with Crippen LogP contribution in [0.5, 0.6) is 0 Å². The molecule has 3 heterocycles. The number of ketones is 2. The number of hydrogen-bond acceptors (Lipinski definition) is 6. The standard InChI is InChI=1S/C19H25N5O2S/c1-11-16(13(3)25)12(2)20-17(11)15(26)10-27-19-22-21-18(23-8-4-5-9-23)24(19)14-6-7-14/h14,20H,4-10H2,1-3H3. The van der Waals surface area contributed by atoms with E-state index in [1.165, 1.54) is 31.5 Å². The van der Waals surface area contributed by atoms with Gasteiger partial charge in [0.2, 0.25) is 5.95 Å². The Morgan fingerprint density at radius 2 is 1.89 bits per heavy atom. The maximum absolute atomic E-state index is 12.8. The van der Waals surface area contributed by atoms with Gasteiger partial charge in [-0.1, -0.05) is 11.8 Å². The molecule has 1 aliphatic heterocycles. The minimum atomic E-state index is -0.0170. The van der Waals surface area contributed by atoms with Crippen molar-refractivity contribution in [3.05, 3.63) is 22.5 Å². The molecular weight excluding hydrogens is 362 g/mol. The molecule has 1 saturated heterocycles. The molecule has 0 bridgehead atoms. The molecule has 2 aliphatic rings. The minimum Gasteiger partial charge on any atom is -0.355 e. The van der Waals surface area contributed by atoms with Gasteiger partial charge in [-0.2, -0.15) is 0 Å². The Kier molecular flexibility index (Phi) is 4.84. The highest BCUT2D eigenvalue weighted by Gasteiger charge is 2.32. The summed E-state index contributed by atoms with van der Waals surface area (Å²) in [6.07, 6.45) is 4.69. The van der Waals surface area contributed by atoms with E-state index >= 15 is 0 Å². The molecule has 0 atom stereocenters. The number of aromatic nitrogens is 4. The first-order valence-electron chi connectivity index (χ1n) is 9.53. The number of aromatic amines is 1. The van der Waals surface area contributed by atoms with E-state index in [4.69, 9.17) is 0 Å². The second kappa shape index (κ2) is 7.14. The Balaban J connectivity index is 1.51. The monoisotopic (exact) mass is 387 g/mol. The van der Waals surface area contributed by atoms with Crippen LogP contribution in [0.2, 0.25) is 0 Å². The SMILES string of the molecule is CC(=O)c1c(C)[nH]c(C(=O)CSc2nnc(N3CCCC3)n2C2CC2)c1C. The summed E-state index contributed by atoms with van der Waals surface area (Å²) >= 11 is 1.44. The lowest BCUT2D eigenvalue weighted by Crippen LogP contribution is -2.22. The lowest BCUT2D eigenvalue weighted by Gasteiger charge is -2.17. The zero-order chi connectivity index (χ0) is 19.1. The van der Waals surface area contributed by atoms with E-state index in [-0.39, 0.29) is 17.3 Å². The summed E-state index contributed by atoms with van der Waals surface area (Å²) in [5.41, 5.74) is 2.65. The summed E-state index contributed by atoms with van der Waals surface area (Å²) in [6, 6.07) is 0.465. The summed E-state index contributed by atoms with van der Waals surface area (Å²) in [6.45, 7) is 7.26.